The van der Waals surface area contributed by atoms with Gasteiger partial charge in [-0.25, -0.2) is 12.8 Å². The van der Waals surface area contributed by atoms with Crippen LogP contribution in [0.15, 0.2) is 33.9 Å². The van der Waals surface area contributed by atoms with E-state index >= 15 is 0 Å². The quantitative estimate of drug-likeness (QED) is 0.618. The van der Waals surface area contributed by atoms with Gasteiger partial charge in [0.25, 0.3) is 10.0 Å². The van der Waals surface area contributed by atoms with E-state index in [-0.39, 0.29) is 20.9 Å². The number of sulfonamides is 1. The average Bonchev–Trinajstić information content (AvgIpc) is 2.42. The molecule has 21 heavy (non-hydrogen) atoms. The van der Waals surface area contributed by atoms with E-state index in [9.17, 15) is 12.8 Å². The lowest BCUT2D eigenvalue weighted by atomic mass is 10.3. The predicted octanol–water partition coefficient (Wildman–Crippen LogP) is 3.33. The maximum absolute atomic E-state index is 14.1. The Kier molecular flexibility index (Phi) is 4.40. The molecule has 0 bridgehead atoms. The van der Waals surface area contributed by atoms with Crippen LogP contribution < -0.4 is 10.5 Å². The first-order valence-corrected chi connectivity index (χ1v) is 8.26. The molecule has 0 saturated heterocycles. The molecule has 0 fully saturated rings. The maximum Gasteiger partial charge on any atom is 0.265 e. The number of halogens is 3. The van der Waals surface area contributed by atoms with Crippen molar-refractivity contribution in [3.05, 3.63) is 45.4 Å². The smallest absolute Gasteiger partial charge is 0.265 e. The van der Waals surface area contributed by atoms with Crippen molar-refractivity contribution in [2.24, 2.45) is 0 Å². The molecule has 0 spiro atoms. The lowest BCUT2D eigenvalue weighted by Gasteiger charge is -2.13. The highest BCUT2D eigenvalue weighted by Crippen LogP contribution is 2.35. The molecule has 0 saturated carbocycles. The summed E-state index contributed by atoms with van der Waals surface area (Å²) < 4.78 is 41.0. The second-order valence-electron chi connectivity index (χ2n) is 4.19. The number of anilines is 2. The summed E-state index contributed by atoms with van der Waals surface area (Å²) in [6.45, 7) is 1.69. The number of aromatic nitrogens is 1. The van der Waals surface area contributed by atoms with Crippen LogP contribution in [0, 0.1) is 12.7 Å². The summed E-state index contributed by atoms with van der Waals surface area (Å²) in [6, 6.07) is 2.61. The molecule has 112 valence electrons. The zero-order chi connectivity index (χ0) is 15.8. The Morgan fingerprint density at radius 2 is 2.14 bits per heavy atom. The summed E-state index contributed by atoms with van der Waals surface area (Å²) in [5.74, 6) is -1.07. The summed E-state index contributed by atoms with van der Waals surface area (Å²) in [4.78, 5) is 3.19. The van der Waals surface area contributed by atoms with Crippen LogP contribution in [0.5, 0.6) is 0 Å². The van der Waals surface area contributed by atoms with Gasteiger partial charge in [0.05, 0.1) is 27.1 Å². The number of pyridine rings is 1. The second-order valence-corrected chi connectivity index (χ2v) is 7.05. The van der Waals surface area contributed by atoms with Gasteiger partial charge in [-0.1, -0.05) is 11.6 Å². The maximum atomic E-state index is 14.1. The second kappa shape index (κ2) is 5.78. The van der Waals surface area contributed by atoms with Crippen molar-refractivity contribution in [2.45, 2.75) is 11.8 Å². The standard InChI is InChI=1S/C12H10BrClFN3O2S/c1-6-2-3-17-5-8(6)18-21(19,20)9-4-7(14)10(13)12(16)11(9)15/h2-5,18H,16H2,1H3. The molecule has 3 N–H and O–H groups in total. The van der Waals surface area contributed by atoms with Crippen molar-refractivity contribution in [2.75, 3.05) is 10.5 Å². The number of nitrogen functional groups attached to an aromatic ring is 1. The third kappa shape index (κ3) is 3.12. The normalized spacial score (nSPS) is 11.4. The van der Waals surface area contributed by atoms with Crippen LogP contribution in [0.1, 0.15) is 5.56 Å². The first-order valence-electron chi connectivity index (χ1n) is 5.60. The monoisotopic (exact) mass is 393 g/mol. The van der Waals surface area contributed by atoms with Gasteiger partial charge in [-0.2, -0.15) is 0 Å². The topological polar surface area (TPSA) is 85.1 Å². The number of aryl methyl sites for hydroxylation is 1. The van der Waals surface area contributed by atoms with Crippen LogP contribution in [0.2, 0.25) is 5.02 Å². The highest BCUT2D eigenvalue weighted by Gasteiger charge is 2.24. The first-order chi connectivity index (χ1) is 9.74. The Hall–Kier alpha value is -1.38. The Bertz CT molecular complexity index is 814. The molecule has 1 aromatic heterocycles. The van der Waals surface area contributed by atoms with Gasteiger partial charge in [-0.3, -0.25) is 9.71 Å². The van der Waals surface area contributed by atoms with Gasteiger partial charge >= 0.3 is 0 Å². The minimum Gasteiger partial charge on any atom is -0.395 e. The molecule has 1 aromatic carbocycles. The summed E-state index contributed by atoms with van der Waals surface area (Å²) in [7, 11) is -4.18. The first kappa shape index (κ1) is 16.0. The highest BCUT2D eigenvalue weighted by atomic mass is 79.9. The largest absolute Gasteiger partial charge is 0.395 e. The fourth-order valence-electron chi connectivity index (χ4n) is 1.57. The van der Waals surface area contributed by atoms with E-state index in [0.29, 0.717) is 5.56 Å². The molecule has 0 unspecified atom stereocenters. The van der Waals surface area contributed by atoms with Crippen LogP contribution >= 0.6 is 27.5 Å². The van der Waals surface area contributed by atoms with E-state index < -0.39 is 20.7 Å². The molecule has 5 nitrogen and oxygen atoms in total. The van der Waals surface area contributed by atoms with E-state index in [0.717, 1.165) is 6.07 Å². The number of rotatable bonds is 3. The summed E-state index contributed by atoms with van der Waals surface area (Å²) in [6.07, 6.45) is 2.84. The van der Waals surface area contributed by atoms with Crippen molar-refractivity contribution < 1.29 is 12.8 Å². The van der Waals surface area contributed by atoms with E-state index in [4.69, 9.17) is 17.3 Å². The van der Waals surface area contributed by atoms with Crippen LogP contribution in [0.4, 0.5) is 15.8 Å². The average molecular weight is 395 g/mol. The molecular formula is C12H10BrClFN3O2S. The fourth-order valence-corrected chi connectivity index (χ4v) is 3.36. The molecule has 0 aliphatic heterocycles. The van der Waals surface area contributed by atoms with Crippen molar-refractivity contribution in [1.29, 1.82) is 0 Å². The zero-order valence-corrected chi connectivity index (χ0v) is 13.9. The Morgan fingerprint density at radius 1 is 1.48 bits per heavy atom. The van der Waals surface area contributed by atoms with Crippen molar-refractivity contribution >= 4 is 48.9 Å². The summed E-state index contributed by atoms with van der Waals surface area (Å²) >= 11 is 8.82. The third-order valence-corrected chi connectivity index (χ3v) is 5.48. The van der Waals surface area contributed by atoms with E-state index in [1.165, 1.54) is 12.4 Å². The summed E-state index contributed by atoms with van der Waals surface area (Å²) in [5.41, 5.74) is 6.01. The number of hydrogen-bond acceptors (Lipinski definition) is 4. The van der Waals surface area contributed by atoms with Crippen molar-refractivity contribution in [3.63, 3.8) is 0 Å². The number of hydrogen-bond donors (Lipinski definition) is 2. The number of nitrogens with zero attached hydrogens (tertiary/aromatic N) is 1. The lowest BCUT2D eigenvalue weighted by molar-refractivity contribution is 0.572. The molecule has 0 aliphatic rings. The minimum atomic E-state index is -4.18. The zero-order valence-electron chi connectivity index (χ0n) is 10.7. The van der Waals surface area contributed by atoms with Crippen molar-refractivity contribution in [1.82, 2.24) is 4.98 Å². The van der Waals surface area contributed by atoms with Gasteiger partial charge in [-0.15, -0.1) is 0 Å². The fraction of sp³-hybridized carbons (Fsp3) is 0.0833. The van der Waals surface area contributed by atoms with Crippen molar-refractivity contribution in [3.8, 4) is 0 Å². The number of nitrogens with two attached hydrogens (primary N) is 1. The van der Waals surface area contributed by atoms with Gasteiger partial charge in [0, 0.05) is 6.20 Å². The van der Waals surface area contributed by atoms with E-state index in [1.807, 2.05) is 0 Å². The molecule has 1 heterocycles. The van der Waals surface area contributed by atoms with E-state index in [2.05, 4.69) is 25.6 Å². The van der Waals surface area contributed by atoms with Crippen LogP contribution in [0.25, 0.3) is 0 Å². The molecule has 0 amide bonds. The minimum absolute atomic E-state index is 0.00261. The Balaban J connectivity index is 2.53. The van der Waals surface area contributed by atoms with Gasteiger partial charge < -0.3 is 5.73 Å². The Morgan fingerprint density at radius 3 is 2.76 bits per heavy atom. The number of nitrogens with one attached hydrogen (secondary N) is 1. The molecule has 0 aliphatic carbocycles. The third-order valence-electron chi connectivity index (χ3n) is 2.73. The molecule has 0 atom stereocenters. The van der Waals surface area contributed by atoms with Gasteiger partial charge in [0.2, 0.25) is 0 Å². The van der Waals surface area contributed by atoms with Crippen LogP contribution in [0.3, 0.4) is 0 Å². The van der Waals surface area contributed by atoms with E-state index in [1.54, 1.807) is 13.0 Å². The molecular weight excluding hydrogens is 385 g/mol. The SMILES string of the molecule is Cc1ccncc1NS(=O)(=O)c1cc(Cl)c(Br)c(N)c1F. The van der Waals surface area contributed by atoms with Gasteiger partial charge in [0.15, 0.2) is 5.82 Å². The number of benzene rings is 1. The van der Waals surface area contributed by atoms with Crippen LogP contribution in [-0.4, -0.2) is 13.4 Å². The van der Waals surface area contributed by atoms with Gasteiger partial charge in [0.1, 0.15) is 4.90 Å². The molecule has 0 radical (unpaired) electrons. The highest BCUT2D eigenvalue weighted by molar-refractivity contribution is 9.10. The van der Waals surface area contributed by atoms with Gasteiger partial charge in [-0.05, 0) is 40.5 Å². The molecule has 2 aromatic rings. The van der Waals surface area contributed by atoms with Crippen LogP contribution in [-0.2, 0) is 10.0 Å². The lowest BCUT2D eigenvalue weighted by Crippen LogP contribution is -2.16. The predicted molar refractivity (Wildman–Crippen MR) is 83.3 cm³/mol. The molecule has 2 rings (SSSR count). The molecule has 9 heteroatoms. The summed E-state index contributed by atoms with van der Waals surface area (Å²) in [5, 5.41) is -0.00261. The Labute approximate surface area is 134 Å².